The van der Waals surface area contributed by atoms with Gasteiger partial charge in [0.1, 0.15) is 0 Å². The van der Waals surface area contributed by atoms with Crippen LogP contribution in [0.25, 0.3) is 6.08 Å². The fraction of sp³-hybridized carbons (Fsp3) is 0.308. The van der Waals surface area contributed by atoms with Gasteiger partial charge in [0, 0.05) is 11.8 Å². The smallest absolute Gasteiger partial charge is 0.0912 e. The van der Waals surface area contributed by atoms with Crippen molar-refractivity contribution >= 4 is 11.8 Å². The number of hydrogen-bond donors (Lipinski definition) is 1. The molecule has 0 atom stereocenters. The Morgan fingerprint density at radius 3 is 2.20 bits per heavy atom. The van der Waals surface area contributed by atoms with Crippen LogP contribution in [0.1, 0.15) is 30.5 Å². The van der Waals surface area contributed by atoms with E-state index in [-0.39, 0.29) is 0 Å². The molecule has 0 radical (unpaired) electrons. The lowest BCUT2D eigenvalue weighted by molar-refractivity contribution is 1.09. The van der Waals surface area contributed by atoms with Crippen molar-refractivity contribution in [3.8, 4) is 6.07 Å². The molecular weight excluding hydrogens is 184 g/mol. The molecule has 0 bridgehead atoms. The van der Waals surface area contributed by atoms with E-state index in [1.165, 1.54) is 6.08 Å². The molecule has 0 saturated heterocycles. The predicted octanol–water partition coefficient (Wildman–Crippen LogP) is 2.93. The predicted molar refractivity (Wildman–Crippen MR) is 64.3 cm³/mol. The highest BCUT2D eigenvalue weighted by atomic mass is 14.6. The molecule has 2 heteroatoms. The number of hydrogen-bond acceptors (Lipinski definition) is 2. The molecule has 0 fully saturated rings. The van der Waals surface area contributed by atoms with Crippen LogP contribution in [0.5, 0.6) is 0 Å². The van der Waals surface area contributed by atoms with E-state index < -0.39 is 0 Å². The maximum atomic E-state index is 8.47. The Bertz CT molecular complexity index is 386. The Morgan fingerprint density at radius 1 is 1.27 bits per heavy atom. The number of aryl methyl sites for hydroxylation is 2. The minimum Gasteiger partial charge on any atom is -0.398 e. The molecule has 0 unspecified atom stereocenters. The zero-order valence-corrected chi connectivity index (χ0v) is 9.25. The first-order chi connectivity index (χ1) is 7.22. The van der Waals surface area contributed by atoms with Gasteiger partial charge in [-0.05, 0) is 47.7 Å². The van der Waals surface area contributed by atoms with Gasteiger partial charge in [0.25, 0.3) is 0 Å². The monoisotopic (exact) mass is 200 g/mol. The van der Waals surface area contributed by atoms with Crippen LogP contribution in [0.2, 0.25) is 0 Å². The molecule has 1 aromatic rings. The summed E-state index contributed by atoms with van der Waals surface area (Å²) in [4.78, 5) is 0. The van der Waals surface area contributed by atoms with Gasteiger partial charge in [0.2, 0.25) is 0 Å². The van der Waals surface area contributed by atoms with E-state index in [2.05, 4.69) is 13.8 Å². The van der Waals surface area contributed by atoms with Crippen molar-refractivity contribution in [3.63, 3.8) is 0 Å². The van der Waals surface area contributed by atoms with Crippen LogP contribution in [0.3, 0.4) is 0 Å². The van der Waals surface area contributed by atoms with Crippen LogP contribution in [-0.4, -0.2) is 0 Å². The van der Waals surface area contributed by atoms with Crippen molar-refractivity contribution in [1.29, 1.82) is 5.26 Å². The van der Waals surface area contributed by atoms with Crippen LogP contribution >= 0.6 is 0 Å². The minimum absolute atomic E-state index is 0.897. The highest BCUT2D eigenvalue weighted by Gasteiger charge is 2.03. The first-order valence-electron chi connectivity index (χ1n) is 5.20. The quantitative estimate of drug-likeness (QED) is 0.602. The molecule has 0 spiro atoms. The van der Waals surface area contributed by atoms with Gasteiger partial charge in [0.15, 0.2) is 0 Å². The van der Waals surface area contributed by atoms with Crippen molar-refractivity contribution in [2.45, 2.75) is 26.7 Å². The van der Waals surface area contributed by atoms with Crippen LogP contribution in [0.15, 0.2) is 18.2 Å². The van der Waals surface area contributed by atoms with Gasteiger partial charge in [-0.3, -0.25) is 0 Å². The van der Waals surface area contributed by atoms with Crippen molar-refractivity contribution < 1.29 is 0 Å². The fourth-order valence-electron chi connectivity index (χ4n) is 1.62. The average Bonchev–Trinajstić information content (AvgIpc) is 2.27. The Kier molecular flexibility index (Phi) is 3.93. The molecule has 1 rings (SSSR count). The number of nitriles is 1. The summed E-state index contributed by atoms with van der Waals surface area (Å²) < 4.78 is 0. The Balaban J connectivity index is 3.21. The zero-order chi connectivity index (χ0) is 11.3. The molecule has 0 aliphatic rings. The number of benzene rings is 1. The van der Waals surface area contributed by atoms with Gasteiger partial charge in [-0.15, -0.1) is 0 Å². The molecule has 0 aliphatic carbocycles. The first kappa shape index (κ1) is 11.3. The third kappa shape index (κ3) is 2.60. The SMILES string of the molecule is CCc1cc(/C=C/C#N)cc(CC)c1N. The van der Waals surface area contributed by atoms with Gasteiger partial charge in [-0.1, -0.05) is 13.8 Å². The number of rotatable bonds is 3. The second kappa shape index (κ2) is 5.21. The Hall–Kier alpha value is -1.75. The summed E-state index contributed by atoms with van der Waals surface area (Å²) in [6, 6.07) is 6.08. The van der Waals surface area contributed by atoms with Crippen molar-refractivity contribution in [2.75, 3.05) is 5.73 Å². The van der Waals surface area contributed by atoms with E-state index in [1.54, 1.807) is 0 Å². The van der Waals surface area contributed by atoms with Gasteiger partial charge >= 0.3 is 0 Å². The molecular formula is C13H16N2. The minimum atomic E-state index is 0.897. The number of nitrogens with two attached hydrogens (primary N) is 1. The maximum absolute atomic E-state index is 8.47. The molecule has 0 amide bonds. The molecule has 0 heterocycles. The van der Waals surface area contributed by atoms with Gasteiger partial charge in [0.05, 0.1) is 6.07 Å². The normalized spacial score (nSPS) is 10.5. The van der Waals surface area contributed by atoms with Crippen molar-refractivity contribution in [2.24, 2.45) is 0 Å². The summed E-state index contributed by atoms with van der Waals surface area (Å²) in [5.41, 5.74) is 10.3. The van der Waals surface area contributed by atoms with E-state index in [4.69, 9.17) is 11.0 Å². The van der Waals surface area contributed by atoms with Gasteiger partial charge < -0.3 is 5.73 Å². The van der Waals surface area contributed by atoms with Crippen molar-refractivity contribution in [3.05, 3.63) is 34.9 Å². The third-order valence-electron chi connectivity index (χ3n) is 2.49. The van der Waals surface area contributed by atoms with Gasteiger partial charge in [-0.25, -0.2) is 0 Å². The molecule has 1 aromatic carbocycles. The standard InChI is InChI=1S/C13H16N2/c1-3-11-8-10(6-5-7-14)9-12(4-2)13(11)15/h5-6,8-9H,3-4,15H2,1-2H3/b6-5+. The summed E-state index contributed by atoms with van der Waals surface area (Å²) in [7, 11) is 0. The fourth-order valence-corrected chi connectivity index (χ4v) is 1.62. The average molecular weight is 200 g/mol. The second-order valence-electron chi connectivity index (χ2n) is 3.42. The largest absolute Gasteiger partial charge is 0.398 e. The maximum Gasteiger partial charge on any atom is 0.0912 e. The molecule has 0 aliphatic heterocycles. The number of nitrogen functional groups attached to an aromatic ring is 1. The Morgan fingerprint density at radius 2 is 1.80 bits per heavy atom. The number of anilines is 1. The highest BCUT2D eigenvalue weighted by molar-refractivity contribution is 5.63. The summed E-state index contributed by atoms with van der Waals surface area (Å²) in [6.07, 6.45) is 5.16. The van der Waals surface area contributed by atoms with Crippen LogP contribution in [-0.2, 0) is 12.8 Å². The summed E-state index contributed by atoms with van der Waals surface area (Å²) in [5, 5.41) is 8.47. The summed E-state index contributed by atoms with van der Waals surface area (Å²) >= 11 is 0. The Labute approximate surface area is 91.0 Å². The lowest BCUT2D eigenvalue weighted by Gasteiger charge is -2.10. The molecule has 15 heavy (non-hydrogen) atoms. The zero-order valence-electron chi connectivity index (χ0n) is 9.25. The molecule has 2 N–H and O–H groups in total. The third-order valence-corrected chi connectivity index (χ3v) is 2.49. The van der Waals surface area contributed by atoms with E-state index in [0.717, 1.165) is 35.2 Å². The molecule has 0 aromatic heterocycles. The van der Waals surface area contributed by atoms with Crippen molar-refractivity contribution in [1.82, 2.24) is 0 Å². The van der Waals surface area contributed by atoms with E-state index in [1.807, 2.05) is 24.3 Å². The van der Waals surface area contributed by atoms with Crippen LogP contribution in [0.4, 0.5) is 5.69 Å². The first-order valence-corrected chi connectivity index (χ1v) is 5.20. The van der Waals surface area contributed by atoms with E-state index >= 15 is 0 Å². The molecule has 78 valence electrons. The molecule has 2 nitrogen and oxygen atoms in total. The molecule has 0 saturated carbocycles. The van der Waals surface area contributed by atoms with Crippen LogP contribution < -0.4 is 5.73 Å². The highest BCUT2D eigenvalue weighted by Crippen LogP contribution is 2.22. The lowest BCUT2D eigenvalue weighted by atomic mass is 9.99. The number of nitrogens with zero attached hydrogens (tertiary/aromatic N) is 1. The van der Waals surface area contributed by atoms with Gasteiger partial charge in [-0.2, -0.15) is 5.26 Å². The van der Waals surface area contributed by atoms with E-state index in [9.17, 15) is 0 Å². The number of allylic oxidation sites excluding steroid dienone is 1. The van der Waals surface area contributed by atoms with E-state index in [0.29, 0.717) is 0 Å². The topological polar surface area (TPSA) is 49.8 Å². The lowest BCUT2D eigenvalue weighted by Crippen LogP contribution is -1.99. The summed E-state index contributed by atoms with van der Waals surface area (Å²) in [5.74, 6) is 0. The summed E-state index contributed by atoms with van der Waals surface area (Å²) in [6.45, 7) is 4.17. The second-order valence-corrected chi connectivity index (χ2v) is 3.42. The van der Waals surface area contributed by atoms with Crippen LogP contribution in [0, 0.1) is 11.3 Å².